The van der Waals surface area contributed by atoms with Gasteiger partial charge in [-0.1, -0.05) is 11.6 Å². The van der Waals surface area contributed by atoms with Gasteiger partial charge in [-0.05, 0) is 6.92 Å². The molecule has 0 radical (unpaired) electrons. The summed E-state index contributed by atoms with van der Waals surface area (Å²) in [6.45, 7) is 1.94. The van der Waals surface area contributed by atoms with Gasteiger partial charge < -0.3 is 4.74 Å². The first-order valence-electron chi connectivity index (χ1n) is 3.81. The first kappa shape index (κ1) is 11.1. The number of hydrogen-bond donors (Lipinski definition) is 0. The standard InChI is InChI=1S/C8H7ClF3NO/c1-2-14-5-3-6(8(10,11)12)13-7(9)4-5/h3-4H,2H2,1H3. The molecule has 0 saturated carbocycles. The van der Waals surface area contributed by atoms with E-state index in [9.17, 15) is 13.2 Å². The lowest BCUT2D eigenvalue weighted by Crippen LogP contribution is -2.08. The average molecular weight is 226 g/mol. The van der Waals surface area contributed by atoms with Crippen molar-refractivity contribution in [3.05, 3.63) is 23.0 Å². The molecule has 78 valence electrons. The third-order valence-corrected chi connectivity index (χ3v) is 1.56. The van der Waals surface area contributed by atoms with E-state index in [1.165, 1.54) is 6.07 Å². The van der Waals surface area contributed by atoms with Crippen molar-refractivity contribution in [1.82, 2.24) is 4.98 Å². The lowest BCUT2D eigenvalue weighted by molar-refractivity contribution is -0.141. The summed E-state index contributed by atoms with van der Waals surface area (Å²) in [6.07, 6.45) is -4.50. The molecule has 0 aliphatic rings. The van der Waals surface area contributed by atoms with Crippen molar-refractivity contribution in [1.29, 1.82) is 0 Å². The molecule has 0 spiro atoms. The maximum atomic E-state index is 12.2. The molecule has 1 aromatic rings. The molecule has 6 heteroatoms. The zero-order valence-corrected chi connectivity index (χ0v) is 7.99. The highest BCUT2D eigenvalue weighted by Crippen LogP contribution is 2.31. The largest absolute Gasteiger partial charge is 0.494 e. The van der Waals surface area contributed by atoms with Gasteiger partial charge in [-0.3, -0.25) is 0 Å². The Morgan fingerprint density at radius 3 is 2.57 bits per heavy atom. The Balaban J connectivity index is 3.07. The van der Waals surface area contributed by atoms with Crippen molar-refractivity contribution >= 4 is 11.6 Å². The van der Waals surface area contributed by atoms with E-state index in [-0.39, 0.29) is 17.5 Å². The fourth-order valence-corrected chi connectivity index (χ4v) is 1.07. The van der Waals surface area contributed by atoms with Gasteiger partial charge in [-0.15, -0.1) is 0 Å². The molecule has 1 heterocycles. The van der Waals surface area contributed by atoms with Crippen LogP contribution in [0.15, 0.2) is 12.1 Å². The minimum atomic E-state index is -4.50. The van der Waals surface area contributed by atoms with Crippen LogP contribution in [0.5, 0.6) is 5.75 Å². The van der Waals surface area contributed by atoms with E-state index in [0.717, 1.165) is 6.07 Å². The Kier molecular flexibility index (Phi) is 3.21. The van der Waals surface area contributed by atoms with E-state index in [1.807, 2.05) is 0 Å². The van der Waals surface area contributed by atoms with Crippen LogP contribution in [-0.2, 0) is 6.18 Å². The van der Waals surface area contributed by atoms with E-state index in [1.54, 1.807) is 6.92 Å². The van der Waals surface area contributed by atoms with Crippen LogP contribution in [0, 0.1) is 0 Å². The van der Waals surface area contributed by atoms with Gasteiger partial charge >= 0.3 is 6.18 Å². The number of alkyl halides is 3. The van der Waals surface area contributed by atoms with Crippen molar-refractivity contribution in [2.75, 3.05) is 6.61 Å². The van der Waals surface area contributed by atoms with E-state index >= 15 is 0 Å². The van der Waals surface area contributed by atoms with Crippen LogP contribution in [0.1, 0.15) is 12.6 Å². The zero-order chi connectivity index (χ0) is 10.8. The number of pyridine rings is 1. The summed E-state index contributed by atoms with van der Waals surface area (Å²) in [5.41, 5.74) is -1.05. The van der Waals surface area contributed by atoms with Crippen LogP contribution in [0.3, 0.4) is 0 Å². The first-order valence-corrected chi connectivity index (χ1v) is 4.19. The van der Waals surface area contributed by atoms with Gasteiger partial charge in [0.1, 0.15) is 16.6 Å². The Morgan fingerprint density at radius 2 is 2.07 bits per heavy atom. The van der Waals surface area contributed by atoms with Crippen LogP contribution >= 0.6 is 11.6 Å². The molecule has 2 nitrogen and oxygen atoms in total. The summed E-state index contributed by atoms with van der Waals surface area (Å²) >= 11 is 5.40. The molecule has 0 aromatic carbocycles. The molecular weight excluding hydrogens is 219 g/mol. The average Bonchev–Trinajstić information content (AvgIpc) is 2.02. The molecule has 0 aliphatic carbocycles. The molecule has 0 unspecified atom stereocenters. The number of nitrogens with zero attached hydrogens (tertiary/aromatic N) is 1. The lowest BCUT2D eigenvalue weighted by Gasteiger charge is -2.08. The summed E-state index contributed by atoms with van der Waals surface area (Å²) < 4.78 is 41.5. The van der Waals surface area contributed by atoms with Crippen LogP contribution in [0.25, 0.3) is 0 Å². The molecule has 0 fully saturated rings. The first-order chi connectivity index (χ1) is 6.43. The zero-order valence-electron chi connectivity index (χ0n) is 7.23. The summed E-state index contributed by atoms with van der Waals surface area (Å²) in [4.78, 5) is 3.15. The molecule has 14 heavy (non-hydrogen) atoms. The fourth-order valence-electron chi connectivity index (χ4n) is 0.869. The lowest BCUT2D eigenvalue weighted by atomic mass is 10.3. The number of aromatic nitrogens is 1. The van der Waals surface area contributed by atoms with Gasteiger partial charge in [0.15, 0.2) is 0 Å². The van der Waals surface area contributed by atoms with E-state index in [0.29, 0.717) is 0 Å². The number of halogens is 4. The minimum Gasteiger partial charge on any atom is -0.494 e. The van der Waals surface area contributed by atoms with Gasteiger partial charge in [0.2, 0.25) is 0 Å². The van der Waals surface area contributed by atoms with Crippen LogP contribution in [-0.4, -0.2) is 11.6 Å². The van der Waals surface area contributed by atoms with E-state index in [2.05, 4.69) is 4.98 Å². The predicted molar refractivity (Wildman–Crippen MR) is 45.4 cm³/mol. The SMILES string of the molecule is CCOc1cc(Cl)nc(C(F)(F)F)c1. The van der Waals surface area contributed by atoms with E-state index in [4.69, 9.17) is 16.3 Å². The van der Waals surface area contributed by atoms with Crippen molar-refractivity contribution < 1.29 is 17.9 Å². The normalized spacial score (nSPS) is 11.5. The van der Waals surface area contributed by atoms with Gasteiger partial charge in [0.05, 0.1) is 6.61 Å². The maximum absolute atomic E-state index is 12.2. The predicted octanol–water partition coefficient (Wildman–Crippen LogP) is 3.15. The highest BCUT2D eigenvalue weighted by Gasteiger charge is 2.33. The molecule has 1 rings (SSSR count). The molecule has 0 N–H and O–H groups in total. The van der Waals surface area contributed by atoms with Crippen LogP contribution < -0.4 is 4.74 Å². The molecule has 1 aromatic heterocycles. The van der Waals surface area contributed by atoms with Crippen molar-refractivity contribution in [2.24, 2.45) is 0 Å². The molecule has 0 aliphatic heterocycles. The Bertz CT molecular complexity index is 327. The summed E-state index contributed by atoms with van der Waals surface area (Å²) in [6, 6.07) is 2.05. The maximum Gasteiger partial charge on any atom is 0.433 e. The summed E-state index contributed by atoms with van der Waals surface area (Å²) in [5, 5.41) is -0.233. The highest BCUT2D eigenvalue weighted by atomic mass is 35.5. The third kappa shape index (κ3) is 2.77. The third-order valence-electron chi connectivity index (χ3n) is 1.37. The smallest absolute Gasteiger partial charge is 0.433 e. The highest BCUT2D eigenvalue weighted by molar-refractivity contribution is 6.29. The summed E-state index contributed by atoms with van der Waals surface area (Å²) in [5.74, 6) is 0.0693. The molecule has 0 saturated heterocycles. The second-order valence-electron chi connectivity index (χ2n) is 2.44. The van der Waals surface area contributed by atoms with Crippen LogP contribution in [0.2, 0.25) is 5.15 Å². The van der Waals surface area contributed by atoms with Gasteiger partial charge in [0.25, 0.3) is 0 Å². The number of hydrogen-bond acceptors (Lipinski definition) is 2. The quantitative estimate of drug-likeness (QED) is 0.722. The fraction of sp³-hybridized carbons (Fsp3) is 0.375. The Labute approximate surface area is 83.7 Å². The molecular formula is C8H7ClF3NO. The van der Waals surface area contributed by atoms with Crippen molar-refractivity contribution in [2.45, 2.75) is 13.1 Å². The van der Waals surface area contributed by atoms with E-state index < -0.39 is 11.9 Å². The van der Waals surface area contributed by atoms with Gasteiger partial charge in [-0.25, -0.2) is 4.98 Å². The minimum absolute atomic E-state index is 0.0693. The monoisotopic (exact) mass is 225 g/mol. The van der Waals surface area contributed by atoms with Gasteiger partial charge in [0, 0.05) is 12.1 Å². The molecule has 0 bridgehead atoms. The van der Waals surface area contributed by atoms with Crippen molar-refractivity contribution in [3.63, 3.8) is 0 Å². The topological polar surface area (TPSA) is 22.1 Å². The van der Waals surface area contributed by atoms with Crippen molar-refractivity contribution in [3.8, 4) is 5.75 Å². The Hall–Kier alpha value is -0.970. The van der Waals surface area contributed by atoms with Gasteiger partial charge in [-0.2, -0.15) is 13.2 Å². The molecule has 0 amide bonds. The number of ether oxygens (including phenoxy) is 1. The molecule has 0 atom stereocenters. The second-order valence-corrected chi connectivity index (χ2v) is 2.83. The Morgan fingerprint density at radius 1 is 1.43 bits per heavy atom. The summed E-state index contributed by atoms with van der Waals surface area (Å²) in [7, 11) is 0. The van der Waals surface area contributed by atoms with Crippen LogP contribution in [0.4, 0.5) is 13.2 Å². The second kappa shape index (κ2) is 4.04. The number of rotatable bonds is 2.